The Balaban J connectivity index is 1.25. The van der Waals surface area contributed by atoms with Crippen molar-refractivity contribution in [3.8, 4) is 0 Å². The topological polar surface area (TPSA) is 89.3 Å². The maximum atomic E-state index is 12.7. The van der Waals surface area contributed by atoms with Crippen molar-refractivity contribution in [1.82, 2.24) is 10.3 Å². The number of amides is 1. The Morgan fingerprint density at radius 2 is 1.93 bits per heavy atom. The highest BCUT2D eigenvalue weighted by molar-refractivity contribution is 7.91. The number of hydrogen-bond donors (Lipinski definition) is 1. The molecule has 8 heteroatoms. The van der Waals surface area contributed by atoms with E-state index in [4.69, 9.17) is 21.0 Å². The van der Waals surface area contributed by atoms with Crippen LogP contribution in [0.15, 0.2) is 22.6 Å². The van der Waals surface area contributed by atoms with Gasteiger partial charge in [0.1, 0.15) is 5.52 Å². The summed E-state index contributed by atoms with van der Waals surface area (Å²) in [5, 5.41) is 3.95. The molecule has 3 aliphatic carbocycles. The molecule has 1 amide bonds. The second-order valence-electron chi connectivity index (χ2n) is 9.57. The minimum atomic E-state index is -2.98. The number of fused-ring (bicyclic) bond motifs is 4. The summed E-state index contributed by atoms with van der Waals surface area (Å²) in [6, 6.07) is 5.52. The van der Waals surface area contributed by atoms with Crippen LogP contribution < -0.4 is 5.32 Å². The molecule has 4 fully saturated rings. The predicted molar refractivity (Wildman–Crippen MR) is 115 cm³/mol. The Labute approximate surface area is 181 Å². The first-order chi connectivity index (χ1) is 14.3. The number of benzene rings is 1. The molecule has 1 unspecified atom stereocenters. The fraction of sp³-hybridized carbons (Fsp3) is 0.636. The van der Waals surface area contributed by atoms with Crippen molar-refractivity contribution in [2.24, 2.45) is 5.92 Å². The number of sulfone groups is 1. The number of nitrogens with zero attached hydrogens (tertiary/aromatic N) is 1. The van der Waals surface area contributed by atoms with E-state index in [9.17, 15) is 13.2 Å². The predicted octanol–water partition coefficient (Wildman–Crippen LogP) is 4.16. The van der Waals surface area contributed by atoms with Gasteiger partial charge in [-0.15, -0.1) is 0 Å². The quantitative estimate of drug-likeness (QED) is 0.755. The average molecular weight is 451 g/mol. The van der Waals surface area contributed by atoms with E-state index in [2.05, 4.69) is 5.32 Å². The van der Waals surface area contributed by atoms with Crippen LogP contribution in [0.3, 0.4) is 0 Å². The molecule has 2 aromatic rings. The summed E-state index contributed by atoms with van der Waals surface area (Å²) < 4.78 is 29.8. The molecule has 2 heterocycles. The number of rotatable bonds is 4. The lowest BCUT2D eigenvalue weighted by atomic mass is 9.57. The van der Waals surface area contributed by atoms with Gasteiger partial charge in [0.2, 0.25) is 11.8 Å². The van der Waals surface area contributed by atoms with Crippen LogP contribution in [0, 0.1) is 5.92 Å². The molecule has 162 valence electrons. The Morgan fingerprint density at radius 3 is 2.63 bits per heavy atom. The van der Waals surface area contributed by atoms with Crippen molar-refractivity contribution in [2.45, 2.75) is 68.7 Å². The van der Waals surface area contributed by atoms with Crippen LogP contribution in [0.4, 0.5) is 0 Å². The largest absolute Gasteiger partial charge is 0.440 e. The van der Waals surface area contributed by atoms with Crippen molar-refractivity contribution in [1.29, 1.82) is 0 Å². The fourth-order valence-corrected chi connectivity index (χ4v) is 7.65. The van der Waals surface area contributed by atoms with Crippen molar-refractivity contribution >= 4 is 38.4 Å². The van der Waals surface area contributed by atoms with E-state index in [0.717, 1.165) is 61.9 Å². The molecule has 1 aliphatic heterocycles. The molecule has 6 rings (SSSR count). The number of halogens is 1. The van der Waals surface area contributed by atoms with Crippen LogP contribution in [0.1, 0.15) is 63.7 Å². The van der Waals surface area contributed by atoms with Gasteiger partial charge in [0, 0.05) is 22.4 Å². The Hall–Kier alpha value is -1.60. The Bertz CT molecular complexity index is 1070. The second-order valence-corrected chi connectivity index (χ2v) is 12.2. The van der Waals surface area contributed by atoms with Crippen molar-refractivity contribution in [3.05, 3.63) is 29.1 Å². The zero-order chi connectivity index (χ0) is 21.0. The fourth-order valence-electron chi connectivity index (χ4n) is 5.71. The van der Waals surface area contributed by atoms with Crippen molar-refractivity contribution in [3.63, 3.8) is 0 Å². The standard InChI is InChI=1S/C22H27ClN2O4S/c23-16-3-4-18-17(13-16)24-20(29-18)21-5-8-22(9-6-21,10-7-21)25-19(26)12-15-2-1-11-30(27,28)14-15/h3-4,13,15H,1-2,5-12,14H2,(H,25,26). The summed E-state index contributed by atoms with van der Waals surface area (Å²) in [7, 11) is -2.98. The molecule has 1 saturated heterocycles. The highest BCUT2D eigenvalue weighted by atomic mass is 35.5. The molecule has 6 nitrogen and oxygen atoms in total. The van der Waals surface area contributed by atoms with Gasteiger partial charge in [-0.3, -0.25) is 4.79 Å². The lowest BCUT2D eigenvalue weighted by molar-refractivity contribution is -0.125. The summed E-state index contributed by atoms with van der Waals surface area (Å²) in [4.78, 5) is 17.5. The smallest absolute Gasteiger partial charge is 0.220 e. The van der Waals surface area contributed by atoms with Crippen molar-refractivity contribution in [2.75, 3.05) is 11.5 Å². The number of carbonyl (C=O) groups excluding carboxylic acids is 1. The lowest BCUT2D eigenvalue weighted by Gasteiger charge is -2.52. The SMILES string of the molecule is O=C(CC1CCCS(=O)(=O)C1)NC12CCC(c3nc4cc(Cl)ccc4o3)(CC1)CC2. The van der Waals surface area contributed by atoms with Gasteiger partial charge in [0.15, 0.2) is 15.4 Å². The lowest BCUT2D eigenvalue weighted by Crippen LogP contribution is -2.58. The summed E-state index contributed by atoms with van der Waals surface area (Å²) in [5.74, 6) is 1.17. The maximum Gasteiger partial charge on any atom is 0.220 e. The van der Waals surface area contributed by atoms with Gasteiger partial charge in [0.25, 0.3) is 0 Å². The summed E-state index contributed by atoms with van der Waals surface area (Å²) in [6.07, 6.45) is 7.33. The molecular formula is C22H27ClN2O4S. The third-order valence-electron chi connectivity index (χ3n) is 7.49. The van der Waals surface area contributed by atoms with Crippen LogP contribution >= 0.6 is 11.6 Å². The Morgan fingerprint density at radius 1 is 1.20 bits per heavy atom. The number of nitrogens with one attached hydrogen (secondary N) is 1. The zero-order valence-corrected chi connectivity index (χ0v) is 18.5. The zero-order valence-electron chi connectivity index (χ0n) is 17.0. The Kier molecular flexibility index (Phi) is 4.89. The molecule has 2 bridgehead atoms. The van der Waals surface area contributed by atoms with E-state index in [1.807, 2.05) is 18.2 Å². The first-order valence-corrected chi connectivity index (χ1v) is 13.0. The van der Waals surface area contributed by atoms with E-state index in [-0.39, 0.29) is 34.3 Å². The van der Waals surface area contributed by atoms with Crippen LogP contribution in [-0.4, -0.2) is 36.4 Å². The third kappa shape index (κ3) is 3.75. The van der Waals surface area contributed by atoms with Crippen molar-refractivity contribution < 1.29 is 17.6 Å². The second kappa shape index (κ2) is 7.23. The van der Waals surface area contributed by atoms with Gasteiger partial charge in [0.05, 0.1) is 11.5 Å². The van der Waals surface area contributed by atoms with E-state index in [1.165, 1.54) is 0 Å². The van der Waals surface area contributed by atoms with Crippen LogP contribution in [-0.2, 0) is 20.0 Å². The van der Waals surface area contributed by atoms with E-state index >= 15 is 0 Å². The summed E-state index contributed by atoms with van der Waals surface area (Å²) >= 11 is 6.09. The number of aromatic nitrogens is 1. The minimum Gasteiger partial charge on any atom is -0.440 e. The van der Waals surface area contributed by atoms with Gasteiger partial charge in [-0.1, -0.05) is 11.6 Å². The molecule has 1 atom stereocenters. The number of oxazole rings is 1. The third-order valence-corrected chi connectivity index (χ3v) is 9.61. The number of hydrogen-bond acceptors (Lipinski definition) is 5. The summed E-state index contributed by atoms with van der Waals surface area (Å²) in [5.41, 5.74) is 1.34. The van der Waals surface area contributed by atoms with Crippen LogP contribution in [0.2, 0.25) is 5.02 Å². The normalized spacial score (nSPS) is 32.9. The molecule has 0 spiro atoms. The maximum absolute atomic E-state index is 12.7. The molecule has 0 radical (unpaired) electrons. The minimum absolute atomic E-state index is 0.00278. The first kappa shape index (κ1) is 20.3. The van der Waals surface area contributed by atoms with Gasteiger partial charge in [-0.05, 0) is 75.5 Å². The van der Waals surface area contributed by atoms with Gasteiger partial charge < -0.3 is 9.73 Å². The highest BCUT2D eigenvalue weighted by Gasteiger charge is 2.52. The van der Waals surface area contributed by atoms with Crippen LogP contribution in [0.5, 0.6) is 0 Å². The first-order valence-electron chi connectivity index (χ1n) is 10.8. The summed E-state index contributed by atoms with van der Waals surface area (Å²) in [6.45, 7) is 0. The van der Waals surface area contributed by atoms with E-state index in [0.29, 0.717) is 17.9 Å². The van der Waals surface area contributed by atoms with E-state index in [1.54, 1.807) is 0 Å². The van der Waals surface area contributed by atoms with Crippen LogP contribution in [0.25, 0.3) is 11.1 Å². The molecule has 1 aromatic carbocycles. The molecule has 3 saturated carbocycles. The monoisotopic (exact) mass is 450 g/mol. The molecular weight excluding hydrogens is 424 g/mol. The molecule has 1 aromatic heterocycles. The van der Waals surface area contributed by atoms with Gasteiger partial charge in [-0.2, -0.15) is 0 Å². The average Bonchev–Trinajstić information content (AvgIpc) is 3.12. The molecule has 1 N–H and O–H groups in total. The highest BCUT2D eigenvalue weighted by Crippen LogP contribution is 2.53. The van der Waals surface area contributed by atoms with Gasteiger partial charge >= 0.3 is 0 Å². The van der Waals surface area contributed by atoms with Gasteiger partial charge in [-0.25, -0.2) is 13.4 Å². The molecule has 30 heavy (non-hydrogen) atoms. The number of carbonyl (C=O) groups is 1. The van der Waals surface area contributed by atoms with E-state index < -0.39 is 9.84 Å². The molecule has 4 aliphatic rings.